The number of nitrogens with zero attached hydrogens (tertiary/aromatic N) is 1. The molecule has 0 saturated carbocycles. The highest BCUT2D eigenvalue weighted by Gasteiger charge is 2.22. The first kappa shape index (κ1) is 17.3. The molecule has 0 saturated heterocycles. The van der Waals surface area contributed by atoms with Crippen molar-refractivity contribution in [2.75, 3.05) is 20.3 Å². The number of aryl methyl sites for hydroxylation is 1. The Hall–Kier alpha value is -1.57. The predicted octanol–water partition coefficient (Wildman–Crippen LogP) is 3.35. The first-order chi connectivity index (χ1) is 11.4. The lowest BCUT2D eigenvalue weighted by atomic mass is 10.2. The summed E-state index contributed by atoms with van der Waals surface area (Å²) in [5.74, 6) is 1.35. The smallest absolute Gasteiger partial charge is 0.243 e. The van der Waals surface area contributed by atoms with Crippen molar-refractivity contribution >= 4 is 26.0 Å². The minimum Gasteiger partial charge on any atom is -0.486 e. The second kappa shape index (κ2) is 6.74. The van der Waals surface area contributed by atoms with Crippen LogP contribution in [0.5, 0.6) is 11.5 Å². The second-order valence-corrected chi connectivity index (χ2v) is 8.55. The van der Waals surface area contributed by atoms with Gasteiger partial charge in [0.25, 0.3) is 0 Å². The maximum atomic E-state index is 12.7. The van der Waals surface area contributed by atoms with Crippen LogP contribution in [0.15, 0.2) is 45.8 Å². The molecule has 0 bridgehead atoms. The molecular formula is C17H18BrNO4S. The first-order valence-corrected chi connectivity index (χ1v) is 9.72. The van der Waals surface area contributed by atoms with E-state index in [1.165, 1.54) is 4.31 Å². The van der Waals surface area contributed by atoms with Gasteiger partial charge in [-0.1, -0.05) is 22.0 Å². The summed E-state index contributed by atoms with van der Waals surface area (Å²) in [4.78, 5) is 0.281. The first-order valence-electron chi connectivity index (χ1n) is 7.49. The number of sulfonamides is 1. The topological polar surface area (TPSA) is 55.8 Å². The van der Waals surface area contributed by atoms with E-state index in [1.54, 1.807) is 25.2 Å². The largest absolute Gasteiger partial charge is 0.486 e. The van der Waals surface area contributed by atoms with Crippen LogP contribution >= 0.6 is 15.9 Å². The van der Waals surface area contributed by atoms with Gasteiger partial charge in [0.2, 0.25) is 10.0 Å². The van der Waals surface area contributed by atoms with Gasteiger partial charge in [0.1, 0.15) is 13.2 Å². The van der Waals surface area contributed by atoms with E-state index in [-0.39, 0.29) is 11.4 Å². The molecule has 0 fully saturated rings. The van der Waals surface area contributed by atoms with Crippen LogP contribution < -0.4 is 9.47 Å². The van der Waals surface area contributed by atoms with Crippen molar-refractivity contribution in [2.24, 2.45) is 0 Å². The zero-order chi connectivity index (χ0) is 17.3. The van der Waals surface area contributed by atoms with E-state index in [1.807, 2.05) is 25.1 Å². The Morgan fingerprint density at radius 2 is 1.79 bits per heavy atom. The average Bonchev–Trinajstić information content (AvgIpc) is 2.57. The van der Waals surface area contributed by atoms with Crippen LogP contribution in [-0.2, 0) is 16.6 Å². The Bertz CT molecular complexity index is 867. The third-order valence-electron chi connectivity index (χ3n) is 3.85. The third-order valence-corrected chi connectivity index (χ3v) is 6.54. The molecule has 3 rings (SSSR count). The van der Waals surface area contributed by atoms with Gasteiger partial charge in [0.15, 0.2) is 11.5 Å². The normalized spacial score (nSPS) is 14.0. The zero-order valence-electron chi connectivity index (χ0n) is 13.5. The summed E-state index contributed by atoms with van der Waals surface area (Å²) in [5.41, 5.74) is 1.72. The fourth-order valence-corrected chi connectivity index (χ4v) is 3.98. The van der Waals surface area contributed by atoms with Crippen LogP contribution in [-0.4, -0.2) is 33.0 Å². The zero-order valence-corrected chi connectivity index (χ0v) is 15.9. The second-order valence-electron chi connectivity index (χ2n) is 5.65. The summed E-state index contributed by atoms with van der Waals surface area (Å²) >= 11 is 3.39. The fourth-order valence-electron chi connectivity index (χ4n) is 2.49. The Labute approximate surface area is 150 Å². The third kappa shape index (κ3) is 3.43. The number of rotatable bonds is 4. The highest BCUT2D eigenvalue weighted by atomic mass is 79.9. The number of benzene rings is 2. The quantitative estimate of drug-likeness (QED) is 0.773. The number of fused-ring (bicyclic) bond motifs is 1. The van der Waals surface area contributed by atoms with Gasteiger partial charge >= 0.3 is 0 Å². The summed E-state index contributed by atoms with van der Waals surface area (Å²) in [6.07, 6.45) is 0. The number of hydrogen-bond donors (Lipinski definition) is 0. The summed E-state index contributed by atoms with van der Waals surface area (Å²) in [6.45, 7) is 3.16. The van der Waals surface area contributed by atoms with Crippen LogP contribution in [0.4, 0.5) is 0 Å². The van der Waals surface area contributed by atoms with Gasteiger partial charge in [-0.15, -0.1) is 0 Å². The van der Waals surface area contributed by atoms with E-state index >= 15 is 0 Å². The molecule has 1 heterocycles. The Balaban J connectivity index is 1.83. The number of halogens is 1. The van der Waals surface area contributed by atoms with E-state index in [4.69, 9.17) is 9.47 Å². The fraction of sp³-hybridized carbons (Fsp3) is 0.294. The van der Waals surface area contributed by atoms with Crippen molar-refractivity contribution < 1.29 is 17.9 Å². The summed E-state index contributed by atoms with van der Waals surface area (Å²) in [5, 5.41) is 0. The van der Waals surface area contributed by atoms with Gasteiger partial charge in [-0.25, -0.2) is 8.42 Å². The molecule has 0 aliphatic carbocycles. The Kier molecular flexibility index (Phi) is 4.85. The Morgan fingerprint density at radius 1 is 1.08 bits per heavy atom. The van der Waals surface area contributed by atoms with E-state index in [0.29, 0.717) is 24.7 Å². The van der Waals surface area contributed by atoms with E-state index < -0.39 is 10.0 Å². The molecule has 0 amide bonds. The Morgan fingerprint density at radius 3 is 2.50 bits per heavy atom. The van der Waals surface area contributed by atoms with Crippen molar-refractivity contribution in [1.29, 1.82) is 0 Å². The highest BCUT2D eigenvalue weighted by Crippen LogP contribution is 2.31. The molecule has 0 unspecified atom stereocenters. The summed E-state index contributed by atoms with van der Waals surface area (Å²) < 4.78 is 38.7. The molecule has 0 spiro atoms. The molecule has 2 aromatic carbocycles. The van der Waals surface area contributed by atoms with Crippen LogP contribution in [0.25, 0.3) is 0 Å². The predicted molar refractivity (Wildman–Crippen MR) is 95.0 cm³/mol. The van der Waals surface area contributed by atoms with E-state index in [9.17, 15) is 8.42 Å². The molecule has 1 aliphatic heterocycles. The van der Waals surface area contributed by atoms with Gasteiger partial charge in [0, 0.05) is 18.1 Å². The molecule has 0 N–H and O–H groups in total. The van der Waals surface area contributed by atoms with Crippen LogP contribution in [0.1, 0.15) is 11.1 Å². The number of ether oxygens (including phenoxy) is 2. The average molecular weight is 412 g/mol. The minimum absolute atomic E-state index is 0.258. The summed E-state index contributed by atoms with van der Waals surface area (Å²) in [6, 6.07) is 10.5. The van der Waals surface area contributed by atoms with E-state index in [0.717, 1.165) is 15.6 Å². The van der Waals surface area contributed by atoms with Crippen LogP contribution in [0.3, 0.4) is 0 Å². The number of hydrogen-bond acceptors (Lipinski definition) is 4. The molecule has 0 radical (unpaired) electrons. The SMILES string of the molecule is Cc1cc(S(=O)(=O)N(C)Cc2ccc3c(c2)OCCO3)ccc1Br. The molecule has 0 atom stereocenters. The van der Waals surface area contributed by atoms with Gasteiger partial charge in [0.05, 0.1) is 4.90 Å². The lowest BCUT2D eigenvalue weighted by Gasteiger charge is -2.21. The maximum absolute atomic E-state index is 12.7. The maximum Gasteiger partial charge on any atom is 0.243 e. The van der Waals surface area contributed by atoms with Gasteiger partial charge < -0.3 is 9.47 Å². The lowest BCUT2D eigenvalue weighted by molar-refractivity contribution is 0.171. The van der Waals surface area contributed by atoms with Crippen molar-refractivity contribution in [3.8, 4) is 11.5 Å². The molecule has 24 heavy (non-hydrogen) atoms. The van der Waals surface area contributed by atoms with Crippen molar-refractivity contribution in [2.45, 2.75) is 18.4 Å². The van der Waals surface area contributed by atoms with Crippen LogP contribution in [0.2, 0.25) is 0 Å². The monoisotopic (exact) mass is 411 g/mol. The van der Waals surface area contributed by atoms with Crippen molar-refractivity contribution in [1.82, 2.24) is 4.31 Å². The van der Waals surface area contributed by atoms with E-state index in [2.05, 4.69) is 15.9 Å². The molecule has 0 aromatic heterocycles. The lowest BCUT2D eigenvalue weighted by Crippen LogP contribution is -2.26. The van der Waals surface area contributed by atoms with Crippen molar-refractivity contribution in [3.63, 3.8) is 0 Å². The van der Waals surface area contributed by atoms with Gasteiger partial charge in [-0.05, 0) is 48.4 Å². The molecule has 128 valence electrons. The standard InChI is InChI=1S/C17H18BrNO4S/c1-12-9-14(4-5-15(12)18)24(20,21)19(2)11-13-3-6-16-17(10-13)23-8-7-22-16/h3-6,9-10H,7-8,11H2,1-2H3. The minimum atomic E-state index is -3.56. The molecule has 1 aliphatic rings. The highest BCUT2D eigenvalue weighted by molar-refractivity contribution is 9.10. The molecule has 7 heteroatoms. The molecular weight excluding hydrogens is 394 g/mol. The van der Waals surface area contributed by atoms with Gasteiger partial charge in [-0.3, -0.25) is 0 Å². The summed E-state index contributed by atoms with van der Waals surface area (Å²) in [7, 11) is -1.98. The van der Waals surface area contributed by atoms with Crippen LogP contribution in [0, 0.1) is 6.92 Å². The molecule has 2 aromatic rings. The van der Waals surface area contributed by atoms with Gasteiger partial charge in [-0.2, -0.15) is 4.31 Å². The van der Waals surface area contributed by atoms with Crippen molar-refractivity contribution in [3.05, 3.63) is 52.0 Å². The molecule has 5 nitrogen and oxygen atoms in total.